The number of ether oxygens (including phenoxy) is 2. The second kappa shape index (κ2) is 4.63. The fourth-order valence-corrected chi connectivity index (χ4v) is 2.48. The molecule has 2 N–H and O–H groups in total. The molecule has 1 aliphatic carbocycles. The highest BCUT2D eigenvalue weighted by Gasteiger charge is 2.41. The van der Waals surface area contributed by atoms with Crippen LogP contribution >= 0.6 is 0 Å². The third kappa shape index (κ3) is 2.39. The molecule has 1 saturated carbocycles. The number of alkyl halides is 2. The highest BCUT2D eigenvalue weighted by Crippen LogP contribution is 2.47. The summed E-state index contributed by atoms with van der Waals surface area (Å²) >= 11 is 0. The first kappa shape index (κ1) is 14.1. The van der Waals surface area contributed by atoms with E-state index in [2.05, 4.69) is 0 Å². The van der Waals surface area contributed by atoms with Gasteiger partial charge in [0.05, 0.1) is 14.2 Å². The van der Waals surface area contributed by atoms with Gasteiger partial charge >= 0.3 is 0 Å². The molecule has 3 nitrogen and oxygen atoms in total. The Bertz CT molecular complexity index is 479. The van der Waals surface area contributed by atoms with Crippen molar-refractivity contribution in [3.05, 3.63) is 23.3 Å². The van der Waals surface area contributed by atoms with Gasteiger partial charge in [-0.3, -0.25) is 0 Å². The van der Waals surface area contributed by atoms with Crippen molar-refractivity contribution in [3.63, 3.8) is 0 Å². The largest absolute Gasteiger partial charge is 0.493 e. The fraction of sp³-hybridized carbons (Fsp3) is 0.571. The summed E-state index contributed by atoms with van der Waals surface area (Å²) in [5.74, 6) is -2.23. The van der Waals surface area contributed by atoms with Crippen LogP contribution in [0.3, 0.4) is 0 Å². The number of nitrogens with two attached hydrogens (primary N) is 1. The van der Waals surface area contributed by atoms with Gasteiger partial charge in [-0.15, -0.1) is 0 Å². The third-order valence-electron chi connectivity index (χ3n) is 3.78. The summed E-state index contributed by atoms with van der Waals surface area (Å²) in [5.41, 5.74) is 5.92. The maximum absolute atomic E-state index is 13.8. The van der Waals surface area contributed by atoms with Crippen LogP contribution < -0.4 is 15.2 Å². The predicted octanol–water partition coefficient (Wildman–Crippen LogP) is 3.15. The number of hydrogen-bond acceptors (Lipinski definition) is 3. The molecular weight excluding hydrogens is 252 g/mol. The zero-order valence-electron chi connectivity index (χ0n) is 11.4. The van der Waals surface area contributed by atoms with E-state index >= 15 is 0 Å². The molecule has 0 aliphatic heterocycles. The summed E-state index contributed by atoms with van der Waals surface area (Å²) in [6, 6.07) is 2.92. The highest BCUT2D eigenvalue weighted by atomic mass is 19.3. The molecule has 1 aromatic rings. The fourth-order valence-electron chi connectivity index (χ4n) is 2.48. The maximum Gasteiger partial charge on any atom is 0.270 e. The lowest BCUT2D eigenvalue weighted by Gasteiger charge is -2.40. The molecule has 0 atom stereocenters. The van der Waals surface area contributed by atoms with E-state index in [1.54, 1.807) is 6.07 Å². The SMILES string of the molecule is COc1cc(C(C)(F)F)c(C2(N)CCC2)cc1OC. The average molecular weight is 271 g/mol. The Hall–Kier alpha value is -1.36. The number of halogens is 2. The lowest BCUT2D eigenvalue weighted by molar-refractivity contribution is 0.0138. The third-order valence-corrected chi connectivity index (χ3v) is 3.78. The summed E-state index contributed by atoms with van der Waals surface area (Å²) < 4.78 is 37.9. The zero-order chi connectivity index (χ0) is 14.3. The van der Waals surface area contributed by atoms with Crippen molar-refractivity contribution in [2.24, 2.45) is 5.73 Å². The van der Waals surface area contributed by atoms with Gasteiger partial charge in [0.25, 0.3) is 5.92 Å². The Morgan fingerprint density at radius 3 is 2.05 bits per heavy atom. The highest BCUT2D eigenvalue weighted by molar-refractivity contribution is 5.51. The van der Waals surface area contributed by atoms with E-state index in [0.717, 1.165) is 13.3 Å². The van der Waals surface area contributed by atoms with Crippen molar-refractivity contribution in [2.75, 3.05) is 14.2 Å². The minimum atomic E-state index is -2.96. The molecule has 0 saturated heterocycles. The van der Waals surface area contributed by atoms with Gasteiger partial charge in [-0.2, -0.15) is 0 Å². The molecule has 1 aromatic carbocycles. The normalized spacial score (nSPS) is 17.8. The van der Waals surface area contributed by atoms with Crippen molar-refractivity contribution in [1.29, 1.82) is 0 Å². The Kier molecular flexibility index (Phi) is 3.43. The first-order valence-electron chi connectivity index (χ1n) is 6.25. The molecule has 0 heterocycles. The van der Waals surface area contributed by atoms with Crippen molar-refractivity contribution in [3.8, 4) is 11.5 Å². The quantitative estimate of drug-likeness (QED) is 0.915. The maximum atomic E-state index is 13.8. The van der Waals surface area contributed by atoms with Crippen molar-refractivity contribution in [1.82, 2.24) is 0 Å². The minimum absolute atomic E-state index is 0.0765. The molecule has 5 heteroatoms. The molecule has 106 valence electrons. The first-order chi connectivity index (χ1) is 8.81. The molecule has 1 aliphatic rings. The molecule has 0 bridgehead atoms. The van der Waals surface area contributed by atoms with Crippen LogP contribution in [0.1, 0.15) is 37.3 Å². The van der Waals surface area contributed by atoms with E-state index in [0.29, 0.717) is 29.9 Å². The topological polar surface area (TPSA) is 44.5 Å². The number of hydrogen-bond donors (Lipinski definition) is 1. The monoisotopic (exact) mass is 271 g/mol. The van der Waals surface area contributed by atoms with Gasteiger partial charge in [-0.05, 0) is 37.0 Å². The first-order valence-corrected chi connectivity index (χ1v) is 6.25. The Morgan fingerprint density at radius 1 is 1.16 bits per heavy atom. The average Bonchev–Trinajstić information content (AvgIpc) is 2.33. The van der Waals surface area contributed by atoms with Crippen LogP contribution in [0.15, 0.2) is 12.1 Å². The number of methoxy groups -OCH3 is 2. The second-order valence-corrected chi connectivity index (χ2v) is 5.15. The summed E-state index contributed by atoms with van der Waals surface area (Å²) in [7, 11) is 2.91. The van der Waals surface area contributed by atoms with E-state index in [4.69, 9.17) is 15.2 Å². The van der Waals surface area contributed by atoms with Crippen molar-refractivity contribution in [2.45, 2.75) is 37.6 Å². The molecule has 1 fully saturated rings. The van der Waals surface area contributed by atoms with Crippen molar-refractivity contribution >= 4 is 0 Å². The number of benzene rings is 1. The van der Waals surface area contributed by atoms with Gasteiger partial charge in [0.1, 0.15) is 0 Å². The smallest absolute Gasteiger partial charge is 0.270 e. The van der Waals surface area contributed by atoms with E-state index in [9.17, 15) is 8.78 Å². The summed E-state index contributed by atoms with van der Waals surface area (Å²) in [6.07, 6.45) is 2.39. The van der Waals surface area contributed by atoms with E-state index in [1.807, 2.05) is 0 Å². The predicted molar refractivity (Wildman–Crippen MR) is 68.8 cm³/mol. The molecule has 0 radical (unpaired) electrons. The van der Waals surface area contributed by atoms with Gasteiger partial charge in [-0.25, -0.2) is 8.78 Å². The molecular formula is C14H19F2NO2. The van der Waals surface area contributed by atoms with E-state index in [-0.39, 0.29) is 5.56 Å². The Morgan fingerprint density at radius 2 is 1.68 bits per heavy atom. The lowest BCUT2D eigenvalue weighted by Crippen LogP contribution is -2.44. The van der Waals surface area contributed by atoms with Gasteiger partial charge < -0.3 is 15.2 Å². The van der Waals surface area contributed by atoms with Crippen LogP contribution in [0.5, 0.6) is 11.5 Å². The van der Waals surface area contributed by atoms with Crippen LogP contribution in [-0.2, 0) is 11.5 Å². The van der Waals surface area contributed by atoms with Crippen LogP contribution in [0.4, 0.5) is 8.78 Å². The number of rotatable bonds is 4. The second-order valence-electron chi connectivity index (χ2n) is 5.15. The minimum Gasteiger partial charge on any atom is -0.493 e. The van der Waals surface area contributed by atoms with Crippen molar-refractivity contribution < 1.29 is 18.3 Å². The molecule has 2 rings (SSSR count). The molecule has 0 spiro atoms. The van der Waals surface area contributed by atoms with E-state index in [1.165, 1.54) is 20.3 Å². The standard InChI is InChI=1S/C14H19F2NO2/c1-13(15,16)9-7-11(18-2)12(19-3)8-10(9)14(17)5-4-6-14/h7-8H,4-6,17H2,1-3H3. The summed E-state index contributed by atoms with van der Waals surface area (Å²) in [4.78, 5) is 0. The van der Waals surface area contributed by atoms with Gasteiger partial charge in [0.2, 0.25) is 0 Å². The molecule has 19 heavy (non-hydrogen) atoms. The molecule has 0 unspecified atom stereocenters. The van der Waals surface area contributed by atoms with Crippen LogP contribution in [-0.4, -0.2) is 14.2 Å². The Labute approximate surface area is 111 Å². The zero-order valence-corrected chi connectivity index (χ0v) is 11.4. The van der Waals surface area contributed by atoms with Gasteiger partial charge in [0.15, 0.2) is 11.5 Å². The summed E-state index contributed by atoms with van der Waals surface area (Å²) in [5, 5.41) is 0. The van der Waals surface area contributed by atoms with Crippen LogP contribution in [0.25, 0.3) is 0 Å². The van der Waals surface area contributed by atoms with Crippen LogP contribution in [0, 0.1) is 0 Å². The van der Waals surface area contributed by atoms with E-state index < -0.39 is 11.5 Å². The lowest BCUT2D eigenvalue weighted by atomic mass is 9.70. The van der Waals surface area contributed by atoms with Crippen LogP contribution in [0.2, 0.25) is 0 Å². The Balaban J connectivity index is 2.62. The molecule has 0 aromatic heterocycles. The summed E-state index contributed by atoms with van der Waals surface area (Å²) in [6.45, 7) is 0.875. The molecule has 0 amide bonds. The van der Waals surface area contributed by atoms with Gasteiger partial charge in [-0.1, -0.05) is 0 Å². The van der Waals surface area contributed by atoms with Gasteiger partial charge in [0, 0.05) is 18.0 Å².